The summed E-state index contributed by atoms with van der Waals surface area (Å²) >= 11 is 0. The van der Waals surface area contributed by atoms with Gasteiger partial charge in [-0.25, -0.2) is 0 Å². The lowest BCUT2D eigenvalue weighted by Crippen LogP contribution is -2.41. The van der Waals surface area contributed by atoms with Crippen LogP contribution in [0.1, 0.15) is 15.9 Å². The number of nitrogens with two attached hydrogens (primary N) is 1. The van der Waals surface area contributed by atoms with Gasteiger partial charge in [-0.1, -0.05) is 0 Å². The van der Waals surface area contributed by atoms with E-state index in [0.717, 1.165) is 11.3 Å². The van der Waals surface area contributed by atoms with Gasteiger partial charge in [0.15, 0.2) is 0 Å². The average Bonchev–Trinajstić information content (AvgIpc) is 2.29. The molecule has 2 N–H and O–H groups in total. The predicted molar refractivity (Wildman–Crippen MR) is 62.9 cm³/mol. The fraction of sp³-hybridized carbons (Fsp3) is 0.333. The van der Waals surface area contributed by atoms with Crippen molar-refractivity contribution in [2.75, 3.05) is 24.7 Å². The molecule has 1 aromatic carbocycles. The molecule has 0 aliphatic carbocycles. The molecule has 5 nitrogen and oxygen atoms in total. The standard InChI is InChI=1S/C12H14N2O3/c1-8-6-9(2-3-10(8)12(13)16)14-4-5-17-7-11(14)15/h2-3,6H,4-5,7H2,1H3,(H2,13,16). The molecule has 1 aromatic rings. The van der Waals surface area contributed by atoms with Gasteiger partial charge in [-0.05, 0) is 30.7 Å². The van der Waals surface area contributed by atoms with Crippen LogP contribution in [0.2, 0.25) is 0 Å². The summed E-state index contributed by atoms with van der Waals surface area (Å²) in [5.74, 6) is -0.523. The predicted octanol–water partition coefficient (Wildman–Crippen LogP) is 0.457. The van der Waals surface area contributed by atoms with Gasteiger partial charge in [0, 0.05) is 17.8 Å². The van der Waals surface area contributed by atoms with Crippen LogP contribution in [0.15, 0.2) is 18.2 Å². The molecule has 5 heteroatoms. The third kappa shape index (κ3) is 2.29. The smallest absolute Gasteiger partial charge is 0.253 e. The molecule has 1 heterocycles. The van der Waals surface area contributed by atoms with Crippen LogP contribution in [-0.2, 0) is 9.53 Å². The number of primary amides is 1. The molecule has 1 fully saturated rings. The lowest BCUT2D eigenvalue weighted by Gasteiger charge is -2.27. The normalized spacial score (nSPS) is 16.1. The van der Waals surface area contributed by atoms with Crippen molar-refractivity contribution in [2.45, 2.75) is 6.92 Å². The summed E-state index contributed by atoms with van der Waals surface area (Å²) in [5.41, 5.74) is 7.26. The van der Waals surface area contributed by atoms with Crippen LogP contribution in [0.4, 0.5) is 5.69 Å². The van der Waals surface area contributed by atoms with Crippen molar-refractivity contribution in [1.82, 2.24) is 0 Å². The number of nitrogens with zero attached hydrogens (tertiary/aromatic N) is 1. The van der Waals surface area contributed by atoms with E-state index in [-0.39, 0.29) is 12.5 Å². The van der Waals surface area contributed by atoms with Crippen LogP contribution >= 0.6 is 0 Å². The molecule has 1 saturated heterocycles. The van der Waals surface area contributed by atoms with Gasteiger partial charge < -0.3 is 15.4 Å². The summed E-state index contributed by atoms with van der Waals surface area (Å²) in [5, 5.41) is 0. The number of aryl methyl sites for hydroxylation is 1. The van der Waals surface area contributed by atoms with E-state index in [1.54, 1.807) is 30.0 Å². The molecule has 0 unspecified atom stereocenters. The second-order valence-electron chi connectivity index (χ2n) is 3.96. The zero-order valence-corrected chi connectivity index (χ0v) is 9.60. The molecule has 17 heavy (non-hydrogen) atoms. The lowest BCUT2D eigenvalue weighted by atomic mass is 10.1. The molecule has 0 bridgehead atoms. The van der Waals surface area contributed by atoms with Crippen molar-refractivity contribution >= 4 is 17.5 Å². The molecule has 0 saturated carbocycles. The quantitative estimate of drug-likeness (QED) is 0.807. The summed E-state index contributed by atoms with van der Waals surface area (Å²) in [7, 11) is 0. The number of carbonyl (C=O) groups is 2. The summed E-state index contributed by atoms with van der Waals surface area (Å²) in [6, 6.07) is 5.18. The van der Waals surface area contributed by atoms with E-state index in [4.69, 9.17) is 10.5 Å². The van der Waals surface area contributed by atoms with Crippen molar-refractivity contribution in [3.05, 3.63) is 29.3 Å². The maximum absolute atomic E-state index is 11.6. The van der Waals surface area contributed by atoms with E-state index in [9.17, 15) is 9.59 Å². The van der Waals surface area contributed by atoms with Crippen LogP contribution in [0.3, 0.4) is 0 Å². The van der Waals surface area contributed by atoms with Crippen LogP contribution in [0.5, 0.6) is 0 Å². The highest BCUT2D eigenvalue weighted by molar-refractivity contribution is 5.97. The molecule has 1 aliphatic heterocycles. The third-order valence-electron chi connectivity index (χ3n) is 2.77. The topological polar surface area (TPSA) is 72.6 Å². The maximum Gasteiger partial charge on any atom is 0.253 e. The highest BCUT2D eigenvalue weighted by Gasteiger charge is 2.20. The van der Waals surface area contributed by atoms with E-state index in [1.807, 2.05) is 0 Å². The number of amides is 2. The van der Waals surface area contributed by atoms with Crippen molar-refractivity contribution in [3.8, 4) is 0 Å². The average molecular weight is 234 g/mol. The maximum atomic E-state index is 11.6. The van der Waals surface area contributed by atoms with E-state index in [2.05, 4.69) is 0 Å². The highest BCUT2D eigenvalue weighted by atomic mass is 16.5. The van der Waals surface area contributed by atoms with E-state index in [0.29, 0.717) is 18.7 Å². The van der Waals surface area contributed by atoms with Crippen molar-refractivity contribution in [3.63, 3.8) is 0 Å². The van der Waals surface area contributed by atoms with Crippen LogP contribution in [0.25, 0.3) is 0 Å². The third-order valence-corrected chi connectivity index (χ3v) is 2.77. The Kier molecular flexibility index (Phi) is 3.10. The fourth-order valence-electron chi connectivity index (χ4n) is 1.88. The van der Waals surface area contributed by atoms with Crippen molar-refractivity contribution < 1.29 is 14.3 Å². The highest BCUT2D eigenvalue weighted by Crippen LogP contribution is 2.20. The number of rotatable bonds is 2. The van der Waals surface area contributed by atoms with E-state index in [1.165, 1.54) is 0 Å². The Bertz CT molecular complexity index is 471. The molecule has 1 aliphatic rings. The Hall–Kier alpha value is -1.88. The first kappa shape index (κ1) is 11.6. The van der Waals surface area contributed by atoms with Gasteiger partial charge in [-0.3, -0.25) is 9.59 Å². The molecule has 90 valence electrons. The minimum absolute atomic E-state index is 0.0672. The number of hydrogen-bond donors (Lipinski definition) is 1. The fourth-order valence-corrected chi connectivity index (χ4v) is 1.88. The Morgan fingerprint density at radius 3 is 2.82 bits per heavy atom. The minimum Gasteiger partial charge on any atom is -0.370 e. The number of benzene rings is 1. The Morgan fingerprint density at radius 1 is 1.47 bits per heavy atom. The van der Waals surface area contributed by atoms with Crippen LogP contribution in [0, 0.1) is 6.92 Å². The van der Waals surface area contributed by atoms with Crippen LogP contribution < -0.4 is 10.6 Å². The molecule has 0 aromatic heterocycles. The monoisotopic (exact) mass is 234 g/mol. The van der Waals surface area contributed by atoms with Gasteiger partial charge in [-0.2, -0.15) is 0 Å². The lowest BCUT2D eigenvalue weighted by molar-refractivity contribution is -0.125. The van der Waals surface area contributed by atoms with Gasteiger partial charge in [0.1, 0.15) is 6.61 Å². The molecular weight excluding hydrogens is 220 g/mol. The van der Waals surface area contributed by atoms with Crippen molar-refractivity contribution in [2.24, 2.45) is 5.73 Å². The Labute approximate surface area is 99.2 Å². The summed E-state index contributed by atoms with van der Waals surface area (Å²) in [6.07, 6.45) is 0. The number of anilines is 1. The molecular formula is C12H14N2O3. The first-order chi connectivity index (χ1) is 8.09. The van der Waals surface area contributed by atoms with Gasteiger partial charge in [0.05, 0.1) is 6.61 Å². The van der Waals surface area contributed by atoms with E-state index < -0.39 is 5.91 Å². The summed E-state index contributed by atoms with van der Waals surface area (Å²) in [6.45, 7) is 2.97. The Morgan fingerprint density at radius 2 is 2.24 bits per heavy atom. The number of hydrogen-bond acceptors (Lipinski definition) is 3. The van der Waals surface area contributed by atoms with Gasteiger partial charge in [-0.15, -0.1) is 0 Å². The van der Waals surface area contributed by atoms with Gasteiger partial charge >= 0.3 is 0 Å². The zero-order valence-electron chi connectivity index (χ0n) is 9.60. The molecule has 2 rings (SSSR count). The SMILES string of the molecule is Cc1cc(N2CCOCC2=O)ccc1C(N)=O. The molecule has 0 atom stereocenters. The van der Waals surface area contributed by atoms with E-state index >= 15 is 0 Å². The van der Waals surface area contributed by atoms with Gasteiger partial charge in [0.2, 0.25) is 5.91 Å². The number of ether oxygens (including phenoxy) is 1. The molecule has 0 spiro atoms. The zero-order chi connectivity index (χ0) is 12.4. The summed E-state index contributed by atoms with van der Waals surface area (Å²) < 4.78 is 5.06. The number of morpholine rings is 1. The van der Waals surface area contributed by atoms with Crippen LogP contribution in [-0.4, -0.2) is 31.6 Å². The Balaban J connectivity index is 2.30. The van der Waals surface area contributed by atoms with Crippen molar-refractivity contribution in [1.29, 1.82) is 0 Å². The molecule has 2 amide bonds. The second-order valence-corrected chi connectivity index (χ2v) is 3.96. The minimum atomic E-state index is -0.456. The first-order valence-corrected chi connectivity index (χ1v) is 5.38. The molecule has 0 radical (unpaired) electrons. The van der Waals surface area contributed by atoms with Gasteiger partial charge in [0.25, 0.3) is 5.91 Å². The first-order valence-electron chi connectivity index (χ1n) is 5.38. The number of carbonyl (C=O) groups excluding carboxylic acids is 2. The summed E-state index contributed by atoms with van der Waals surface area (Å²) in [4.78, 5) is 24.4. The second kappa shape index (κ2) is 4.55. The largest absolute Gasteiger partial charge is 0.370 e.